The fourth-order valence-electron chi connectivity index (χ4n) is 2.32. The second kappa shape index (κ2) is 6.17. The molecule has 0 N–H and O–H groups in total. The molecule has 0 spiro atoms. The Hall–Kier alpha value is -2.02. The lowest BCUT2D eigenvalue weighted by molar-refractivity contribution is 0.0583. The maximum Gasteiger partial charge on any atom is 0.273 e. The van der Waals surface area contributed by atoms with Gasteiger partial charge in [0.15, 0.2) is 0 Å². The van der Waals surface area contributed by atoms with Crippen LogP contribution in [0, 0.1) is 6.92 Å². The van der Waals surface area contributed by atoms with Gasteiger partial charge in [0.2, 0.25) is 5.88 Å². The SMILES string of the molecule is Cc1nc(C(=O)N2CCC(Oc3ccncn3)CC2)cs1. The Morgan fingerprint density at radius 1 is 1.43 bits per heavy atom. The highest BCUT2D eigenvalue weighted by molar-refractivity contribution is 7.09. The van der Waals surface area contributed by atoms with Crippen LogP contribution in [0.25, 0.3) is 0 Å². The van der Waals surface area contributed by atoms with Crippen molar-refractivity contribution in [1.82, 2.24) is 19.9 Å². The van der Waals surface area contributed by atoms with Crippen LogP contribution in [-0.2, 0) is 0 Å². The number of aromatic nitrogens is 3. The van der Waals surface area contributed by atoms with Gasteiger partial charge >= 0.3 is 0 Å². The molecule has 1 amide bonds. The van der Waals surface area contributed by atoms with E-state index in [1.165, 1.54) is 17.7 Å². The molecular formula is C14H16N4O2S. The molecule has 0 aromatic carbocycles. The van der Waals surface area contributed by atoms with Gasteiger partial charge in [-0.3, -0.25) is 4.79 Å². The highest BCUT2D eigenvalue weighted by atomic mass is 32.1. The number of hydrogen-bond acceptors (Lipinski definition) is 6. The highest BCUT2D eigenvalue weighted by Crippen LogP contribution is 2.19. The third-order valence-electron chi connectivity index (χ3n) is 3.41. The fourth-order valence-corrected chi connectivity index (χ4v) is 2.91. The van der Waals surface area contributed by atoms with Crippen molar-refractivity contribution in [3.05, 3.63) is 34.7 Å². The lowest BCUT2D eigenvalue weighted by Crippen LogP contribution is -2.42. The number of carbonyl (C=O) groups is 1. The van der Waals surface area contributed by atoms with Crippen molar-refractivity contribution in [2.75, 3.05) is 13.1 Å². The third-order valence-corrected chi connectivity index (χ3v) is 4.18. The van der Waals surface area contributed by atoms with Gasteiger partial charge in [0.1, 0.15) is 18.1 Å². The lowest BCUT2D eigenvalue weighted by atomic mass is 10.1. The number of rotatable bonds is 3. The van der Waals surface area contributed by atoms with Crippen molar-refractivity contribution < 1.29 is 9.53 Å². The first-order valence-electron chi connectivity index (χ1n) is 6.86. The van der Waals surface area contributed by atoms with Crippen LogP contribution in [0.5, 0.6) is 5.88 Å². The molecule has 0 atom stereocenters. The predicted molar refractivity (Wildman–Crippen MR) is 78.4 cm³/mol. The molecule has 2 aromatic rings. The summed E-state index contributed by atoms with van der Waals surface area (Å²) in [6.45, 7) is 3.28. The predicted octanol–water partition coefficient (Wildman–Crippen LogP) is 1.93. The minimum atomic E-state index is 0.0137. The molecular weight excluding hydrogens is 288 g/mol. The van der Waals surface area contributed by atoms with E-state index in [4.69, 9.17) is 4.74 Å². The Bertz CT molecular complexity index is 608. The lowest BCUT2D eigenvalue weighted by Gasteiger charge is -2.31. The zero-order chi connectivity index (χ0) is 14.7. The summed E-state index contributed by atoms with van der Waals surface area (Å²) in [5, 5.41) is 2.74. The van der Waals surface area contributed by atoms with Gasteiger partial charge in [-0.25, -0.2) is 15.0 Å². The number of piperidine rings is 1. The van der Waals surface area contributed by atoms with E-state index in [2.05, 4.69) is 15.0 Å². The number of amides is 1. The Morgan fingerprint density at radius 2 is 2.24 bits per heavy atom. The molecule has 1 fully saturated rings. The molecule has 1 aliphatic rings. The van der Waals surface area contributed by atoms with Crippen molar-refractivity contribution in [3.63, 3.8) is 0 Å². The Morgan fingerprint density at radius 3 is 2.86 bits per heavy atom. The summed E-state index contributed by atoms with van der Waals surface area (Å²) < 4.78 is 5.79. The maximum absolute atomic E-state index is 12.3. The van der Waals surface area contributed by atoms with Crippen LogP contribution in [0.2, 0.25) is 0 Å². The number of likely N-dealkylation sites (tertiary alicyclic amines) is 1. The van der Waals surface area contributed by atoms with Gasteiger partial charge in [-0.1, -0.05) is 0 Å². The standard InChI is InChI=1S/C14H16N4O2S/c1-10-17-12(8-21-10)14(19)18-6-3-11(4-7-18)20-13-2-5-15-9-16-13/h2,5,8-9,11H,3-4,6-7H2,1H3. The van der Waals surface area contributed by atoms with Crippen molar-refractivity contribution in [1.29, 1.82) is 0 Å². The first-order valence-corrected chi connectivity index (χ1v) is 7.74. The summed E-state index contributed by atoms with van der Waals surface area (Å²) in [5.74, 6) is 0.602. The van der Waals surface area contributed by atoms with E-state index in [0.29, 0.717) is 24.7 Å². The molecule has 7 heteroatoms. The van der Waals surface area contributed by atoms with Gasteiger partial charge in [-0.05, 0) is 6.92 Å². The zero-order valence-corrected chi connectivity index (χ0v) is 12.5. The van der Waals surface area contributed by atoms with E-state index >= 15 is 0 Å². The van der Waals surface area contributed by atoms with E-state index in [0.717, 1.165) is 17.8 Å². The second-order valence-electron chi connectivity index (χ2n) is 4.91. The number of carbonyl (C=O) groups excluding carboxylic acids is 1. The van der Waals surface area contributed by atoms with Crippen LogP contribution in [0.15, 0.2) is 24.0 Å². The van der Waals surface area contributed by atoms with Gasteiger partial charge in [0, 0.05) is 43.6 Å². The first-order chi connectivity index (χ1) is 10.2. The molecule has 0 bridgehead atoms. The van der Waals surface area contributed by atoms with E-state index < -0.39 is 0 Å². The minimum absolute atomic E-state index is 0.0137. The Balaban J connectivity index is 1.54. The van der Waals surface area contributed by atoms with E-state index in [9.17, 15) is 4.79 Å². The summed E-state index contributed by atoms with van der Waals surface area (Å²) in [6, 6.07) is 1.75. The molecule has 1 saturated heterocycles. The average Bonchev–Trinajstić information content (AvgIpc) is 2.95. The summed E-state index contributed by atoms with van der Waals surface area (Å²) >= 11 is 1.50. The average molecular weight is 304 g/mol. The molecule has 1 aliphatic heterocycles. The van der Waals surface area contributed by atoms with Crippen LogP contribution >= 0.6 is 11.3 Å². The Kier molecular flexibility index (Phi) is 4.10. The number of nitrogens with zero attached hydrogens (tertiary/aromatic N) is 4. The van der Waals surface area contributed by atoms with Crippen LogP contribution in [0.4, 0.5) is 0 Å². The smallest absolute Gasteiger partial charge is 0.273 e. The topological polar surface area (TPSA) is 68.2 Å². The minimum Gasteiger partial charge on any atom is -0.474 e. The Labute approximate surface area is 126 Å². The fraction of sp³-hybridized carbons (Fsp3) is 0.429. The summed E-state index contributed by atoms with van der Waals surface area (Å²) in [5.41, 5.74) is 0.549. The first kappa shape index (κ1) is 13.9. The molecule has 0 saturated carbocycles. The van der Waals surface area contributed by atoms with Crippen molar-refractivity contribution in [2.24, 2.45) is 0 Å². The maximum atomic E-state index is 12.3. The molecule has 21 heavy (non-hydrogen) atoms. The van der Waals surface area contributed by atoms with Crippen LogP contribution in [0.3, 0.4) is 0 Å². The number of ether oxygens (including phenoxy) is 1. The van der Waals surface area contributed by atoms with Gasteiger partial charge in [-0.15, -0.1) is 11.3 Å². The molecule has 0 unspecified atom stereocenters. The van der Waals surface area contributed by atoms with E-state index in [1.54, 1.807) is 12.3 Å². The van der Waals surface area contributed by atoms with E-state index in [-0.39, 0.29) is 12.0 Å². The number of aryl methyl sites for hydroxylation is 1. The van der Waals surface area contributed by atoms with Crippen LogP contribution < -0.4 is 4.74 Å². The monoisotopic (exact) mass is 304 g/mol. The highest BCUT2D eigenvalue weighted by Gasteiger charge is 2.26. The van der Waals surface area contributed by atoms with Crippen molar-refractivity contribution >= 4 is 17.2 Å². The molecule has 0 aliphatic carbocycles. The van der Waals surface area contributed by atoms with E-state index in [1.807, 2.05) is 17.2 Å². The molecule has 110 valence electrons. The second-order valence-corrected chi connectivity index (χ2v) is 5.97. The van der Waals surface area contributed by atoms with Gasteiger partial charge in [0.05, 0.1) is 5.01 Å². The normalized spacial score (nSPS) is 16.0. The molecule has 3 rings (SSSR count). The number of thiazole rings is 1. The van der Waals surface area contributed by atoms with Gasteiger partial charge < -0.3 is 9.64 Å². The number of hydrogen-bond donors (Lipinski definition) is 0. The summed E-state index contributed by atoms with van der Waals surface area (Å²) in [6.07, 6.45) is 4.84. The van der Waals surface area contributed by atoms with Gasteiger partial charge in [-0.2, -0.15) is 0 Å². The molecule has 0 radical (unpaired) electrons. The largest absolute Gasteiger partial charge is 0.474 e. The zero-order valence-electron chi connectivity index (χ0n) is 11.7. The van der Waals surface area contributed by atoms with Crippen LogP contribution in [0.1, 0.15) is 28.3 Å². The van der Waals surface area contributed by atoms with Crippen molar-refractivity contribution in [3.8, 4) is 5.88 Å². The molecule has 2 aromatic heterocycles. The summed E-state index contributed by atoms with van der Waals surface area (Å²) in [7, 11) is 0. The molecule has 3 heterocycles. The van der Waals surface area contributed by atoms with Gasteiger partial charge in [0.25, 0.3) is 5.91 Å². The van der Waals surface area contributed by atoms with Crippen molar-refractivity contribution in [2.45, 2.75) is 25.9 Å². The van der Waals surface area contributed by atoms with Crippen LogP contribution in [-0.4, -0.2) is 45.0 Å². The summed E-state index contributed by atoms with van der Waals surface area (Å²) in [4.78, 5) is 26.3. The third kappa shape index (κ3) is 3.36. The molecule has 6 nitrogen and oxygen atoms in total. The quantitative estimate of drug-likeness (QED) is 0.866.